The predicted octanol–water partition coefficient (Wildman–Crippen LogP) is 3.13. The van der Waals surface area contributed by atoms with Gasteiger partial charge in [0.05, 0.1) is 30.0 Å². The minimum atomic E-state index is 0.152. The number of piperidine rings is 1. The molecule has 0 saturated carbocycles. The van der Waals surface area contributed by atoms with Crippen molar-refractivity contribution in [2.45, 2.75) is 59.1 Å². The van der Waals surface area contributed by atoms with Crippen molar-refractivity contribution < 1.29 is 14.3 Å². The monoisotopic (exact) mass is 409 g/mol. The summed E-state index contributed by atoms with van der Waals surface area (Å²) in [7, 11) is 1.75. The van der Waals surface area contributed by atoms with Crippen LogP contribution >= 0.6 is 11.3 Å². The average Bonchev–Trinajstić information content (AvgIpc) is 3.21. The Morgan fingerprint density at radius 3 is 2.68 bits per heavy atom. The van der Waals surface area contributed by atoms with Gasteiger partial charge in [0.25, 0.3) is 5.91 Å². The number of aryl methyl sites for hydroxylation is 2. The number of carbonyl (C=O) groups is 1. The van der Waals surface area contributed by atoms with Crippen molar-refractivity contribution in [3.63, 3.8) is 0 Å². The first-order chi connectivity index (χ1) is 13.3. The molecule has 1 amide bonds. The van der Waals surface area contributed by atoms with Gasteiger partial charge in [-0.05, 0) is 52.4 Å². The van der Waals surface area contributed by atoms with Crippen LogP contribution in [0.2, 0.25) is 0 Å². The second-order valence-corrected chi connectivity index (χ2v) is 9.86. The number of nitrogens with zero attached hydrogens (tertiary/aromatic N) is 3. The van der Waals surface area contributed by atoms with Gasteiger partial charge in [-0.2, -0.15) is 0 Å². The molecule has 1 spiro atoms. The van der Waals surface area contributed by atoms with E-state index in [-0.39, 0.29) is 17.4 Å². The number of hydrogen-bond acceptors (Lipinski definition) is 6. The van der Waals surface area contributed by atoms with Crippen LogP contribution in [0.3, 0.4) is 0 Å². The van der Waals surface area contributed by atoms with Crippen molar-refractivity contribution in [1.82, 2.24) is 14.8 Å². The molecule has 7 heteroatoms. The molecule has 1 aromatic rings. The van der Waals surface area contributed by atoms with E-state index in [1.165, 1.54) is 11.3 Å². The maximum atomic E-state index is 12.9. The molecule has 28 heavy (non-hydrogen) atoms. The van der Waals surface area contributed by atoms with E-state index in [9.17, 15) is 4.79 Å². The van der Waals surface area contributed by atoms with Gasteiger partial charge in [-0.3, -0.25) is 9.69 Å². The minimum Gasteiger partial charge on any atom is -0.383 e. The number of ether oxygens (including phenoxy) is 2. The number of carbonyl (C=O) groups excluding carboxylic acids is 1. The number of hydrogen-bond donors (Lipinski definition) is 0. The van der Waals surface area contributed by atoms with Crippen LogP contribution < -0.4 is 0 Å². The normalized spacial score (nSPS) is 22.0. The highest BCUT2D eigenvalue weighted by Gasteiger charge is 2.43. The van der Waals surface area contributed by atoms with Crippen LogP contribution in [0.4, 0.5) is 0 Å². The zero-order chi connectivity index (χ0) is 20.3. The van der Waals surface area contributed by atoms with Crippen molar-refractivity contribution in [1.29, 1.82) is 0 Å². The Kier molecular flexibility index (Phi) is 7.12. The van der Waals surface area contributed by atoms with Crippen LogP contribution in [0.15, 0.2) is 0 Å². The van der Waals surface area contributed by atoms with Crippen LogP contribution in [0.25, 0.3) is 0 Å². The van der Waals surface area contributed by atoms with Crippen LogP contribution in [0.5, 0.6) is 0 Å². The van der Waals surface area contributed by atoms with E-state index >= 15 is 0 Å². The molecule has 1 aromatic heterocycles. The number of aromatic nitrogens is 1. The Bertz CT molecular complexity index is 668. The third-order valence-electron chi connectivity index (χ3n) is 6.25. The van der Waals surface area contributed by atoms with E-state index < -0.39 is 0 Å². The smallest absolute Gasteiger partial charge is 0.265 e. The van der Waals surface area contributed by atoms with Crippen molar-refractivity contribution in [2.75, 3.05) is 46.5 Å². The van der Waals surface area contributed by atoms with Gasteiger partial charge in [0.15, 0.2) is 0 Å². The van der Waals surface area contributed by atoms with Gasteiger partial charge in [0.2, 0.25) is 0 Å². The summed E-state index contributed by atoms with van der Waals surface area (Å²) in [5.74, 6) is 0.152. The second-order valence-electron chi connectivity index (χ2n) is 8.66. The summed E-state index contributed by atoms with van der Waals surface area (Å²) in [6.07, 6.45) is 3.45. The topological polar surface area (TPSA) is 54.9 Å². The van der Waals surface area contributed by atoms with E-state index in [1.54, 1.807) is 7.11 Å². The molecule has 3 rings (SSSR count). The molecule has 2 saturated heterocycles. The van der Waals surface area contributed by atoms with E-state index in [2.05, 4.69) is 23.7 Å². The van der Waals surface area contributed by atoms with Gasteiger partial charge >= 0.3 is 0 Å². The summed E-state index contributed by atoms with van der Waals surface area (Å²) in [5, 5.41) is 0.963. The third-order valence-corrected chi connectivity index (χ3v) is 7.31. The van der Waals surface area contributed by atoms with Crippen LogP contribution in [-0.2, 0) is 9.47 Å². The molecule has 0 aromatic carbocycles. The molecule has 2 fully saturated rings. The number of thiazole rings is 1. The Hall–Kier alpha value is -1.02. The molecule has 1 unspecified atom stereocenters. The van der Waals surface area contributed by atoms with Crippen LogP contribution in [-0.4, -0.2) is 79.3 Å². The Balaban J connectivity index is 1.53. The summed E-state index contributed by atoms with van der Waals surface area (Å²) < 4.78 is 11.5. The number of amides is 1. The molecular weight excluding hydrogens is 374 g/mol. The van der Waals surface area contributed by atoms with Crippen molar-refractivity contribution in [3.05, 3.63) is 15.6 Å². The molecular formula is C21H35N3O3S. The summed E-state index contributed by atoms with van der Waals surface area (Å²) >= 11 is 1.51. The Labute approximate surface area is 173 Å². The first-order valence-electron chi connectivity index (χ1n) is 10.4. The van der Waals surface area contributed by atoms with E-state index in [0.29, 0.717) is 6.04 Å². The maximum Gasteiger partial charge on any atom is 0.265 e. The Morgan fingerprint density at radius 1 is 1.39 bits per heavy atom. The first kappa shape index (κ1) is 21.7. The lowest BCUT2D eigenvalue weighted by atomic mass is 9.76. The van der Waals surface area contributed by atoms with Gasteiger partial charge in [-0.1, -0.05) is 0 Å². The molecule has 2 aliphatic rings. The van der Waals surface area contributed by atoms with Gasteiger partial charge in [-0.15, -0.1) is 11.3 Å². The van der Waals surface area contributed by atoms with Crippen molar-refractivity contribution in [3.8, 4) is 0 Å². The van der Waals surface area contributed by atoms with Crippen molar-refractivity contribution in [2.24, 2.45) is 5.41 Å². The lowest BCUT2D eigenvalue weighted by molar-refractivity contribution is 0.0367. The molecule has 0 aliphatic carbocycles. The first-order valence-corrected chi connectivity index (χ1v) is 11.2. The third kappa shape index (κ3) is 4.93. The lowest BCUT2D eigenvalue weighted by Crippen LogP contribution is -2.44. The van der Waals surface area contributed by atoms with E-state index in [0.717, 1.165) is 74.2 Å². The molecule has 3 heterocycles. The number of rotatable bonds is 7. The van der Waals surface area contributed by atoms with E-state index in [1.807, 2.05) is 18.7 Å². The predicted molar refractivity (Wildman–Crippen MR) is 112 cm³/mol. The fraction of sp³-hybridized carbons (Fsp3) is 0.810. The highest BCUT2D eigenvalue weighted by Crippen LogP contribution is 2.42. The fourth-order valence-electron chi connectivity index (χ4n) is 4.45. The van der Waals surface area contributed by atoms with Gasteiger partial charge in [-0.25, -0.2) is 4.98 Å². The zero-order valence-corrected chi connectivity index (χ0v) is 18.8. The summed E-state index contributed by atoms with van der Waals surface area (Å²) in [4.78, 5) is 22.5. The van der Waals surface area contributed by atoms with Gasteiger partial charge in [0.1, 0.15) is 4.88 Å². The lowest BCUT2D eigenvalue weighted by Gasteiger charge is -2.38. The fourth-order valence-corrected chi connectivity index (χ4v) is 5.34. The molecule has 1 atom stereocenters. The summed E-state index contributed by atoms with van der Waals surface area (Å²) in [5.41, 5.74) is 1.10. The second kappa shape index (κ2) is 9.20. The van der Waals surface area contributed by atoms with Gasteiger partial charge in [0, 0.05) is 39.3 Å². The molecule has 6 nitrogen and oxygen atoms in total. The molecule has 0 radical (unpaired) electrons. The maximum absolute atomic E-state index is 12.9. The zero-order valence-electron chi connectivity index (χ0n) is 18.0. The SMILES string of the molecule is COCCN(CC1CC2(CCN(C(=O)c3sc(C)nc3C)CC2)CO1)C(C)C. The highest BCUT2D eigenvalue weighted by molar-refractivity contribution is 7.13. The molecule has 2 aliphatic heterocycles. The summed E-state index contributed by atoms with van der Waals surface area (Å²) in [6.45, 7) is 13.5. The van der Waals surface area contributed by atoms with E-state index in [4.69, 9.17) is 9.47 Å². The van der Waals surface area contributed by atoms with Crippen LogP contribution in [0.1, 0.15) is 53.5 Å². The number of methoxy groups -OCH3 is 1. The van der Waals surface area contributed by atoms with Gasteiger partial charge < -0.3 is 14.4 Å². The van der Waals surface area contributed by atoms with Crippen LogP contribution in [0, 0.1) is 19.3 Å². The average molecular weight is 410 g/mol. The largest absolute Gasteiger partial charge is 0.383 e. The number of likely N-dealkylation sites (tertiary alicyclic amines) is 1. The molecule has 0 bridgehead atoms. The highest BCUT2D eigenvalue weighted by atomic mass is 32.1. The summed E-state index contributed by atoms with van der Waals surface area (Å²) in [6, 6.07) is 0.487. The Morgan fingerprint density at radius 2 is 2.11 bits per heavy atom. The quantitative estimate of drug-likeness (QED) is 0.693. The van der Waals surface area contributed by atoms with Crippen molar-refractivity contribution >= 4 is 17.2 Å². The molecule has 158 valence electrons. The molecule has 0 N–H and O–H groups in total. The minimum absolute atomic E-state index is 0.152. The standard InChI is InChI=1S/C21H35N3O3S/c1-15(2)24(10-11-26-5)13-18-12-21(14-27-18)6-8-23(9-7-21)20(25)19-16(3)22-17(4)28-19/h15,18H,6-14H2,1-5H3.